The molecule has 2 aromatic heterocycles. The molecule has 1 amide bonds. The molecule has 1 atom stereocenters. The van der Waals surface area contributed by atoms with Crippen molar-refractivity contribution < 1.29 is 9.53 Å². The zero-order chi connectivity index (χ0) is 19.7. The number of ether oxygens (including phenoxy) is 1. The fraction of sp³-hybridized carbons (Fsp3) is 0.368. The van der Waals surface area contributed by atoms with Gasteiger partial charge in [0.05, 0.1) is 24.5 Å². The Bertz CT molecular complexity index is 988. The van der Waals surface area contributed by atoms with Crippen LogP contribution >= 0.6 is 0 Å². The summed E-state index contributed by atoms with van der Waals surface area (Å²) in [7, 11) is 3.30. The van der Waals surface area contributed by atoms with Gasteiger partial charge in [-0.1, -0.05) is 17.3 Å². The van der Waals surface area contributed by atoms with Gasteiger partial charge in [-0.2, -0.15) is 5.10 Å². The van der Waals surface area contributed by atoms with Crippen LogP contribution in [-0.4, -0.2) is 58.3 Å². The molecule has 1 unspecified atom stereocenters. The van der Waals surface area contributed by atoms with E-state index in [1.54, 1.807) is 14.2 Å². The number of nitrogens with one attached hydrogen (secondary N) is 2. The van der Waals surface area contributed by atoms with Crippen molar-refractivity contribution in [1.29, 1.82) is 0 Å². The van der Waals surface area contributed by atoms with Crippen molar-refractivity contribution in [2.75, 3.05) is 32.1 Å². The number of carbonyl (C=O) groups is 1. The number of anilines is 1. The molecule has 9 nitrogen and oxygen atoms in total. The van der Waals surface area contributed by atoms with Crippen LogP contribution in [-0.2, 0) is 0 Å². The molecule has 1 fully saturated rings. The number of aromatic amines is 1. The Balaban J connectivity index is 1.58. The maximum atomic E-state index is 13.0. The summed E-state index contributed by atoms with van der Waals surface area (Å²) in [5, 5.41) is 18.9. The second-order valence-electron chi connectivity index (χ2n) is 6.82. The molecular weight excluding hydrogens is 358 g/mol. The van der Waals surface area contributed by atoms with Crippen LogP contribution < -0.4 is 15.0 Å². The Labute approximate surface area is 162 Å². The molecule has 4 rings (SSSR count). The van der Waals surface area contributed by atoms with Gasteiger partial charge in [0.2, 0.25) is 0 Å². The Morgan fingerprint density at radius 3 is 2.93 bits per heavy atom. The van der Waals surface area contributed by atoms with Gasteiger partial charge in [0.15, 0.2) is 11.5 Å². The van der Waals surface area contributed by atoms with E-state index in [9.17, 15) is 4.79 Å². The highest BCUT2D eigenvalue weighted by Crippen LogP contribution is 2.30. The number of aromatic nitrogens is 5. The molecule has 2 N–H and O–H groups in total. The van der Waals surface area contributed by atoms with Crippen LogP contribution in [0.15, 0.2) is 30.3 Å². The lowest BCUT2D eigenvalue weighted by Crippen LogP contribution is -2.28. The first-order valence-electron chi connectivity index (χ1n) is 9.19. The molecule has 0 spiro atoms. The van der Waals surface area contributed by atoms with Crippen molar-refractivity contribution in [3.05, 3.63) is 41.7 Å². The summed E-state index contributed by atoms with van der Waals surface area (Å²) in [6.45, 7) is 3.67. The van der Waals surface area contributed by atoms with Crippen LogP contribution in [0.1, 0.15) is 28.6 Å². The van der Waals surface area contributed by atoms with E-state index in [1.807, 2.05) is 41.9 Å². The van der Waals surface area contributed by atoms with E-state index in [1.165, 1.54) is 4.90 Å². The quantitative estimate of drug-likeness (QED) is 0.699. The average Bonchev–Trinajstić information content (AvgIpc) is 3.47. The molecule has 1 saturated heterocycles. The molecule has 0 bridgehead atoms. The highest BCUT2D eigenvalue weighted by atomic mass is 16.5. The summed E-state index contributed by atoms with van der Waals surface area (Å²) in [5.41, 5.74) is 2.76. The third-order valence-electron chi connectivity index (χ3n) is 5.12. The summed E-state index contributed by atoms with van der Waals surface area (Å²) < 4.78 is 7.24. The van der Waals surface area contributed by atoms with Gasteiger partial charge in [0.25, 0.3) is 5.91 Å². The molecule has 0 saturated carbocycles. The van der Waals surface area contributed by atoms with E-state index in [2.05, 4.69) is 25.8 Å². The number of methoxy groups -OCH3 is 1. The van der Waals surface area contributed by atoms with Crippen molar-refractivity contribution >= 4 is 11.7 Å². The molecule has 1 aliphatic heterocycles. The van der Waals surface area contributed by atoms with Gasteiger partial charge in [-0.3, -0.25) is 14.8 Å². The summed E-state index contributed by atoms with van der Waals surface area (Å²) in [5.74, 6) is 0.991. The lowest BCUT2D eigenvalue weighted by molar-refractivity contribution is 0.0987. The summed E-state index contributed by atoms with van der Waals surface area (Å²) >= 11 is 0. The Morgan fingerprint density at radius 1 is 1.36 bits per heavy atom. The highest BCUT2D eigenvalue weighted by Gasteiger charge is 2.26. The van der Waals surface area contributed by atoms with Gasteiger partial charge >= 0.3 is 0 Å². The molecule has 1 aliphatic rings. The molecular formula is C19H23N7O2. The number of rotatable bonds is 5. The van der Waals surface area contributed by atoms with Crippen LogP contribution in [0.25, 0.3) is 11.3 Å². The van der Waals surface area contributed by atoms with Crippen LogP contribution in [0.3, 0.4) is 0 Å². The van der Waals surface area contributed by atoms with Gasteiger partial charge < -0.3 is 10.1 Å². The number of hydrogen-bond acceptors (Lipinski definition) is 6. The first-order valence-corrected chi connectivity index (χ1v) is 9.19. The van der Waals surface area contributed by atoms with Crippen molar-refractivity contribution in [3.8, 4) is 17.0 Å². The topological polar surface area (TPSA) is 101 Å². The predicted molar refractivity (Wildman–Crippen MR) is 105 cm³/mol. The van der Waals surface area contributed by atoms with E-state index in [4.69, 9.17) is 4.74 Å². The maximum absolute atomic E-state index is 13.0. The number of benzene rings is 1. The average molecular weight is 381 g/mol. The molecule has 0 aliphatic carbocycles. The van der Waals surface area contributed by atoms with Crippen LogP contribution in [0.4, 0.5) is 5.82 Å². The minimum atomic E-state index is -0.243. The fourth-order valence-corrected chi connectivity index (χ4v) is 3.48. The predicted octanol–water partition coefficient (Wildman–Crippen LogP) is 1.80. The summed E-state index contributed by atoms with van der Waals surface area (Å²) in [4.78, 5) is 14.5. The third-order valence-corrected chi connectivity index (χ3v) is 5.12. The van der Waals surface area contributed by atoms with E-state index in [0.29, 0.717) is 11.5 Å². The molecule has 3 heterocycles. The van der Waals surface area contributed by atoms with Crippen molar-refractivity contribution in [3.63, 3.8) is 0 Å². The molecule has 28 heavy (non-hydrogen) atoms. The smallest absolute Gasteiger partial charge is 0.281 e. The van der Waals surface area contributed by atoms with Crippen molar-refractivity contribution in [2.45, 2.75) is 19.4 Å². The molecule has 1 aromatic carbocycles. The van der Waals surface area contributed by atoms with Gasteiger partial charge in [-0.25, -0.2) is 4.68 Å². The number of carbonyl (C=O) groups excluding carboxylic acids is 1. The molecule has 3 aromatic rings. The van der Waals surface area contributed by atoms with E-state index >= 15 is 0 Å². The van der Waals surface area contributed by atoms with E-state index in [-0.39, 0.29) is 11.9 Å². The zero-order valence-electron chi connectivity index (χ0n) is 16.1. The SMILES string of the molecule is COc1ccccc1-c1cc(N(C)C(=O)c2nnn(C3CCNC3)c2C)n[nH]1. The number of H-pyrrole nitrogens is 1. The Hall–Kier alpha value is -3.20. The van der Waals surface area contributed by atoms with Gasteiger partial charge in [-0.05, 0) is 32.0 Å². The van der Waals surface area contributed by atoms with Gasteiger partial charge in [-0.15, -0.1) is 5.10 Å². The molecule has 146 valence electrons. The maximum Gasteiger partial charge on any atom is 0.281 e. The fourth-order valence-electron chi connectivity index (χ4n) is 3.48. The number of para-hydroxylation sites is 1. The molecule has 0 radical (unpaired) electrons. The van der Waals surface area contributed by atoms with Gasteiger partial charge in [0, 0.05) is 25.2 Å². The number of hydrogen-bond donors (Lipinski definition) is 2. The van der Waals surface area contributed by atoms with Crippen molar-refractivity contribution in [2.24, 2.45) is 0 Å². The number of nitrogens with zero attached hydrogens (tertiary/aromatic N) is 5. The van der Waals surface area contributed by atoms with E-state index in [0.717, 1.165) is 42.2 Å². The monoisotopic (exact) mass is 381 g/mol. The molecule has 9 heteroatoms. The van der Waals surface area contributed by atoms with Crippen LogP contribution in [0.2, 0.25) is 0 Å². The van der Waals surface area contributed by atoms with Crippen LogP contribution in [0.5, 0.6) is 5.75 Å². The standard InChI is InChI=1S/C19H23N7O2/c1-12-18(23-24-26(12)13-8-9-20-11-13)19(27)25(2)17-10-15(21-22-17)14-6-4-5-7-16(14)28-3/h4-7,10,13,20H,8-9,11H2,1-3H3,(H,21,22). The summed E-state index contributed by atoms with van der Waals surface area (Å²) in [6, 6.07) is 9.69. The Morgan fingerprint density at radius 2 is 2.18 bits per heavy atom. The van der Waals surface area contributed by atoms with Crippen LogP contribution in [0, 0.1) is 6.92 Å². The normalized spacial score (nSPS) is 16.3. The number of amides is 1. The lowest BCUT2D eigenvalue weighted by Gasteiger charge is -2.14. The first kappa shape index (κ1) is 18.2. The minimum absolute atomic E-state index is 0.238. The minimum Gasteiger partial charge on any atom is -0.496 e. The third kappa shape index (κ3) is 3.13. The first-order chi connectivity index (χ1) is 13.6. The second-order valence-corrected chi connectivity index (χ2v) is 6.82. The van der Waals surface area contributed by atoms with E-state index < -0.39 is 0 Å². The zero-order valence-corrected chi connectivity index (χ0v) is 16.1. The lowest BCUT2D eigenvalue weighted by atomic mass is 10.1. The van der Waals surface area contributed by atoms with Gasteiger partial charge in [0.1, 0.15) is 5.75 Å². The highest BCUT2D eigenvalue weighted by molar-refractivity contribution is 6.04. The summed E-state index contributed by atoms with van der Waals surface area (Å²) in [6.07, 6.45) is 0.981. The Kier molecular flexibility index (Phi) is 4.82. The largest absolute Gasteiger partial charge is 0.496 e. The van der Waals surface area contributed by atoms with Crippen molar-refractivity contribution in [1.82, 2.24) is 30.5 Å². The second kappa shape index (κ2) is 7.43.